The third kappa shape index (κ3) is 6.64. The molecule has 2 aliphatic heterocycles. The first-order chi connectivity index (χ1) is 21.2. The maximum Gasteiger partial charge on any atom is 0.278 e. The predicted octanol–water partition coefficient (Wildman–Crippen LogP) is 8.48. The smallest absolute Gasteiger partial charge is 0.278 e. The predicted molar refractivity (Wildman–Crippen MR) is 184 cm³/mol. The average molecular weight is 749 g/mol. The van der Waals surface area contributed by atoms with Crippen molar-refractivity contribution in [1.82, 2.24) is 9.80 Å². The average Bonchev–Trinajstić information content (AvgIpc) is 3.49. The van der Waals surface area contributed by atoms with E-state index in [1.807, 2.05) is 72.8 Å². The maximum atomic E-state index is 13.8. The summed E-state index contributed by atoms with van der Waals surface area (Å²) < 4.78 is 1.71. The van der Waals surface area contributed by atoms with Crippen LogP contribution in [0.5, 0.6) is 0 Å². The molecule has 0 aromatic heterocycles. The van der Waals surface area contributed by atoms with E-state index in [1.54, 1.807) is 46.2 Å². The Bertz CT molecular complexity index is 1760. The summed E-state index contributed by atoms with van der Waals surface area (Å²) in [5.74, 6) is 0.473. The van der Waals surface area contributed by atoms with Crippen LogP contribution in [0.1, 0.15) is 22.3 Å². The highest BCUT2D eigenvalue weighted by atomic mass is 79.9. The molecule has 0 radical (unpaired) electrons. The van der Waals surface area contributed by atoms with Gasteiger partial charge in [-0.05, 0) is 71.8 Å². The number of hydrogen-bond acceptors (Lipinski definition) is 4. The largest absolute Gasteiger partial charge is 0.289 e. The van der Waals surface area contributed by atoms with Gasteiger partial charge in [0.2, 0.25) is 0 Å². The number of benzene rings is 4. The van der Waals surface area contributed by atoms with Crippen LogP contribution in [-0.2, 0) is 9.59 Å². The zero-order valence-corrected chi connectivity index (χ0v) is 27.6. The Labute approximate surface area is 281 Å². The Morgan fingerprint density at radius 3 is 1.34 bits per heavy atom. The van der Waals surface area contributed by atoms with Crippen LogP contribution in [0.2, 0.25) is 10.0 Å². The molecule has 0 bridgehead atoms. The third-order valence-corrected chi connectivity index (χ3v) is 8.44. The molecule has 44 heavy (non-hydrogen) atoms. The van der Waals surface area contributed by atoms with Gasteiger partial charge in [-0.3, -0.25) is 19.4 Å². The molecule has 0 N–H and O–H groups in total. The minimum Gasteiger partial charge on any atom is -0.289 e. The summed E-state index contributed by atoms with van der Waals surface area (Å²) in [6.07, 6.45) is 3.47. The first-order valence-corrected chi connectivity index (χ1v) is 15.9. The van der Waals surface area contributed by atoms with Gasteiger partial charge in [-0.1, -0.05) is 104 Å². The highest BCUT2D eigenvalue weighted by Gasteiger charge is 2.35. The molecule has 0 unspecified atom stereocenters. The molecular weight excluding hydrogens is 727 g/mol. The monoisotopic (exact) mass is 746 g/mol. The number of aliphatic imine (C=N–C) groups is 2. The van der Waals surface area contributed by atoms with Crippen molar-refractivity contribution in [2.75, 3.05) is 13.1 Å². The third-order valence-electron chi connectivity index (χ3n) is 6.95. The number of halogens is 4. The number of rotatable bonds is 7. The zero-order valence-electron chi connectivity index (χ0n) is 22.9. The lowest BCUT2D eigenvalue weighted by molar-refractivity contribution is -0.125. The summed E-state index contributed by atoms with van der Waals surface area (Å²) in [6.45, 7) is 0.379. The van der Waals surface area contributed by atoms with Crippen LogP contribution in [0.15, 0.2) is 127 Å². The molecule has 2 aliphatic rings. The van der Waals surface area contributed by atoms with Gasteiger partial charge in [0.25, 0.3) is 11.8 Å². The lowest BCUT2D eigenvalue weighted by Gasteiger charge is -2.24. The molecule has 6 nitrogen and oxygen atoms in total. The molecule has 4 aromatic carbocycles. The molecule has 0 fully saturated rings. The van der Waals surface area contributed by atoms with Crippen molar-refractivity contribution in [3.63, 3.8) is 0 Å². The Morgan fingerprint density at radius 2 is 0.977 bits per heavy atom. The summed E-state index contributed by atoms with van der Waals surface area (Å²) in [5, 5.41) is 1.21. The molecule has 2 amide bonds. The van der Waals surface area contributed by atoms with Gasteiger partial charge < -0.3 is 0 Å². The Hall–Kier alpha value is -3.82. The van der Waals surface area contributed by atoms with E-state index < -0.39 is 0 Å². The van der Waals surface area contributed by atoms with E-state index in [-0.39, 0.29) is 24.9 Å². The summed E-state index contributed by atoms with van der Waals surface area (Å²) in [4.78, 5) is 40.3. The first-order valence-electron chi connectivity index (χ1n) is 13.5. The van der Waals surface area contributed by atoms with Crippen LogP contribution in [0.25, 0.3) is 12.2 Å². The highest BCUT2D eigenvalue weighted by Crippen LogP contribution is 2.27. The van der Waals surface area contributed by atoms with Gasteiger partial charge in [-0.15, -0.1) is 0 Å². The molecule has 0 saturated heterocycles. The molecule has 0 atom stereocenters. The number of nitrogens with zero attached hydrogens (tertiary/aromatic N) is 4. The fourth-order valence-corrected chi connectivity index (χ4v) is 5.90. The standard InChI is InChI=1S/C34H22Br2Cl2N4O2/c35-25-5-1-3-23(19-25)31-39-29(17-21-7-11-27(37)12-8-21)33(43)41(31)15-16-42-32(24-4-2-6-26(36)20-24)40-30(34(42)44)18-22-9-13-28(38)14-10-22/h1-14,17-20H,15-16H2/b29-17-,30-18+. The molecule has 0 aliphatic carbocycles. The van der Waals surface area contributed by atoms with Gasteiger partial charge >= 0.3 is 0 Å². The normalized spacial score (nSPS) is 16.7. The second-order valence-corrected chi connectivity index (χ2v) is 12.7. The van der Waals surface area contributed by atoms with Gasteiger partial charge in [0.15, 0.2) is 0 Å². The van der Waals surface area contributed by atoms with E-state index in [0.29, 0.717) is 33.1 Å². The molecule has 2 heterocycles. The minimum atomic E-state index is -0.264. The van der Waals surface area contributed by atoms with Crippen LogP contribution < -0.4 is 0 Å². The Morgan fingerprint density at radius 1 is 0.591 bits per heavy atom. The number of carbonyl (C=O) groups excluding carboxylic acids is 2. The molecule has 0 spiro atoms. The van der Waals surface area contributed by atoms with E-state index in [0.717, 1.165) is 31.2 Å². The van der Waals surface area contributed by atoms with Crippen LogP contribution in [-0.4, -0.2) is 46.4 Å². The highest BCUT2D eigenvalue weighted by molar-refractivity contribution is 9.10. The SMILES string of the molecule is O=C1/C(=C/c2ccc(Cl)cc2)N=C(c2cccc(Br)c2)N1CCN1C(=O)/C(=C\c2ccc(Cl)cc2)N=C1c1cccc(Br)c1. The van der Waals surface area contributed by atoms with Crippen LogP contribution >= 0.6 is 55.1 Å². The fourth-order valence-electron chi connectivity index (χ4n) is 4.85. The van der Waals surface area contributed by atoms with E-state index in [1.165, 1.54) is 0 Å². The summed E-state index contributed by atoms with van der Waals surface area (Å²) >= 11 is 19.2. The summed E-state index contributed by atoms with van der Waals surface area (Å²) in [7, 11) is 0. The van der Waals surface area contributed by atoms with E-state index >= 15 is 0 Å². The van der Waals surface area contributed by atoms with Gasteiger partial charge in [-0.25, -0.2) is 9.98 Å². The van der Waals surface area contributed by atoms with Gasteiger partial charge in [-0.2, -0.15) is 0 Å². The van der Waals surface area contributed by atoms with Crippen LogP contribution in [0.4, 0.5) is 0 Å². The van der Waals surface area contributed by atoms with E-state index in [9.17, 15) is 9.59 Å². The van der Waals surface area contributed by atoms with E-state index in [4.69, 9.17) is 33.2 Å². The zero-order chi connectivity index (χ0) is 30.8. The van der Waals surface area contributed by atoms with E-state index in [2.05, 4.69) is 31.9 Å². The lowest BCUT2D eigenvalue weighted by Crippen LogP contribution is -2.42. The molecular formula is C34H22Br2Cl2N4O2. The number of amides is 2. The molecule has 6 rings (SSSR count). The van der Waals surface area contributed by atoms with Crippen molar-refractivity contribution in [3.8, 4) is 0 Å². The van der Waals surface area contributed by atoms with Crippen LogP contribution in [0, 0.1) is 0 Å². The number of hydrogen-bond donors (Lipinski definition) is 0. The topological polar surface area (TPSA) is 65.3 Å². The molecule has 0 saturated carbocycles. The minimum absolute atomic E-state index is 0.190. The summed E-state index contributed by atoms with van der Waals surface area (Å²) in [5.41, 5.74) is 3.72. The van der Waals surface area contributed by atoms with Crippen LogP contribution in [0.3, 0.4) is 0 Å². The number of carbonyl (C=O) groups is 2. The second-order valence-electron chi connectivity index (χ2n) is 9.97. The first kappa shape index (κ1) is 30.2. The van der Waals surface area contributed by atoms with Crippen molar-refractivity contribution in [2.24, 2.45) is 9.98 Å². The quantitative estimate of drug-likeness (QED) is 0.178. The molecule has 218 valence electrons. The maximum absolute atomic E-state index is 13.8. The van der Waals surface area contributed by atoms with Crippen molar-refractivity contribution in [3.05, 3.63) is 150 Å². The van der Waals surface area contributed by atoms with Gasteiger partial charge in [0.05, 0.1) is 0 Å². The molecule has 10 heteroatoms. The Balaban J connectivity index is 1.33. The Kier molecular flexibility index (Phi) is 8.96. The lowest BCUT2D eigenvalue weighted by atomic mass is 10.1. The molecule has 4 aromatic rings. The van der Waals surface area contributed by atoms with Crippen molar-refractivity contribution in [1.29, 1.82) is 0 Å². The van der Waals surface area contributed by atoms with Gasteiger partial charge in [0, 0.05) is 43.2 Å². The van der Waals surface area contributed by atoms with Crippen molar-refractivity contribution >= 4 is 90.7 Å². The van der Waals surface area contributed by atoms with Crippen molar-refractivity contribution < 1.29 is 9.59 Å². The second kappa shape index (κ2) is 13.0. The van der Waals surface area contributed by atoms with Crippen molar-refractivity contribution in [2.45, 2.75) is 0 Å². The fraction of sp³-hybridized carbons (Fsp3) is 0.0588. The summed E-state index contributed by atoms with van der Waals surface area (Å²) in [6, 6.07) is 29.6. The van der Waals surface area contributed by atoms with Gasteiger partial charge in [0.1, 0.15) is 23.1 Å². The number of amidine groups is 2.